The number of thioether (sulfide) groups is 1. The molecule has 3 aliphatic rings. The van der Waals surface area contributed by atoms with Crippen LogP contribution in [-0.4, -0.2) is 89.3 Å². The van der Waals surface area contributed by atoms with Crippen molar-refractivity contribution in [1.29, 1.82) is 0 Å². The minimum atomic E-state index is -0.987. The number of ether oxygens (including phenoxy) is 2. The summed E-state index contributed by atoms with van der Waals surface area (Å²) >= 11 is 1.51. The van der Waals surface area contributed by atoms with Gasteiger partial charge in [0.25, 0.3) is 5.91 Å². The zero-order chi connectivity index (χ0) is 21.6. The highest BCUT2D eigenvalue weighted by molar-refractivity contribution is 8.01. The number of likely N-dealkylation sites (tertiary alicyclic amines) is 1. The molecule has 3 saturated heterocycles. The number of piperidine rings is 1. The molecule has 2 unspecified atom stereocenters. The van der Waals surface area contributed by atoms with Gasteiger partial charge >= 0.3 is 5.97 Å². The van der Waals surface area contributed by atoms with E-state index < -0.39 is 34.1 Å². The Hall–Kier alpha value is -2.46. The van der Waals surface area contributed by atoms with E-state index in [0.29, 0.717) is 24.3 Å². The van der Waals surface area contributed by atoms with Gasteiger partial charge in [-0.15, -0.1) is 11.8 Å². The van der Waals surface area contributed by atoms with Crippen molar-refractivity contribution in [1.82, 2.24) is 15.1 Å². The molecule has 0 saturated carbocycles. The molecule has 30 heavy (non-hydrogen) atoms. The number of aliphatic carboxylic acids is 1. The standard InChI is InChI=1S/C20H25N3O6S/c1-22-9-7-20(8-10-22)15(19(26)27)23-17(25)14(18(23)30-20)21-16(24)13-11(28-2)5-4-6-12(13)29-3/h4-6,14-15,18H,7-10H2,1-3H3,(H,21,24)(H,26,27)/t14?,15?,18-/m0/s1. The molecule has 0 aliphatic carbocycles. The lowest BCUT2D eigenvalue weighted by atomic mass is 9.85. The van der Waals surface area contributed by atoms with Gasteiger partial charge in [0.2, 0.25) is 5.91 Å². The number of carbonyl (C=O) groups is 3. The van der Waals surface area contributed by atoms with E-state index in [1.807, 2.05) is 7.05 Å². The van der Waals surface area contributed by atoms with Crippen molar-refractivity contribution >= 4 is 29.5 Å². The number of fused-ring (bicyclic) bond motifs is 1. The predicted octanol–water partition coefficient (Wildman–Crippen LogP) is 0.635. The van der Waals surface area contributed by atoms with Crippen molar-refractivity contribution in [2.75, 3.05) is 34.4 Å². The zero-order valence-electron chi connectivity index (χ0n) is 17.1. The van der Waals surface area contributed by atoms with Crippen LogP contribution in [0.3, 0.4) is 0 Å². The van der Waals surface area contributed by atoms with Crippen LogP contribution in [-0.2, 0) is 9.59 Å². The molecule has 162 valence electrons. The van der Waals surface area contributed by atoms with Gasteiger partial charge in [0.15, 0.2) is 0 Å². The largest absolute Gasteiger partial charge is 0.496 e. The second-order valence-electron chi connectivity index (χ2n) is 7.85. The predicted molar refractivity (Wildman–Crippen MR) is 110 cm³/mol. The lowest BCUT2D eigenvalue weighted by molar-refractivity contribution is -0.160. The second-order valence-corrected chi connectivity index (χ2v) is 9.38. The number of carboxylic acids is 1. The molecular formula is C20H25N3O6S. The molecule has 9 nitrogen and oxygen atoms in total. The molecule has 2 amide bonds. The minimum absolute atomic E-state index is 0.209. The monoisotopic (exact) mass is 435 g/mol. The number of carbonyl (C=O) groups excluding carboxylic acids is 2. The third-order valence-electron chi connectivity index (χ3n) is 6.22. The van der Waals surface area contributed by atoms with Crippen molar-refractivity contribution < 1.29 is 29.0 Å². The summed E-state index contributed by atoms with van der Waals surface area (Å²) in [5.41, 5.74) is 0.209. The van der Waals surface area contributed by atoms with E-state index >= 15 is 0 Å². The fourth-order valence-corrected chi connectivity index (χ4v) is 6.50. The number of benzene rings is 1. The molecule has 3 fully saturated rings. The topological polar surface area (TPSA) is 108 Å². The van der Waals surface area contributed by atoms with Gasteiger partial charge in [-0.2, -0.15) is 0 Å². The van der Waals surface area contributed by atoms with Gasteiger partial charge < -0.3 is 29.7 Å². The molecule has 3 atom stereocenters. The summed E-state index contributed by atoms with van der Waals surface area (Å²) in [5.74, 6) is -1.16. The maximum absolute atomic E-state index is 13.0. The van der Waals surface area contributed by atoms with Crippen molar-refractivity contribution in [2.45, 2.75) is 35.0 Å². The number of β-lactam (4-membered cyclic amide) rings is 1. The Balaban J connectivity index is 1.57. The van der Waals surface area contributed by atoms with Gasteiger partial charge in [-0.05, 0) is 45.1 Å². The number of amides is 2. The first-order valence-corrected chi connectivity index (χ1v) is 10.6. The van der Waals surface area contributed by atoms with E-state index in [9.17, 15) is 19.5 Å². The number of nitrogens with one attached hydrogen (secondary N) is 1. The summed E-state index contributed by atoms with van der Waals surface area (Å²) < 4.78 is 10.0. The van der Waals surface area contributed by atoms with Crippen LogP contribution in [0.1, 0.15) is 23.2 Å². The first-order chi connectivity index (χ1) is 14.3. The molecule has 10 heteroatoms. The van der Waals surface area contributed by atoms with Gasteiger partial charge in [-0.1, -0.05) is 6.07 Å². The first-order valence-electron chi connectivity index (χ1n) is 9.76. The zero-order valence-corrected chi connectivity index (χ0v) is 17.9. The van der Waals surface area contributed by atoms with E-state index in [0.717, 1.165) is 13.1 Å². The van der Waals surface area contributed by atoms with Crippen molar-refractivity contribution in [3.05, 3.63) is 23.8 Å². The third-order valence-corrected chi connectivity index (χ3v) is 8.06. The second kappa shape index (κ2) is 7.66. The summed E-state index contributed by atoms with van der Waals surface area (Å²) in [7, 11) is 4.91. The van der Waals surface area contributed by atoms with E-state index in [-0.39, 0.29) is 11.5 Å². The smallest absolute Gasteiger partial charge is 0.327 e. The molecule has 0 aromatic heterocycles. The Morgan fingerprint density at radius 1 is 1.20 bits per heavy atom. The number of methoxy groups -OCH3 is 2. The maximum Gasteiger partial charge on any atom is 0.327 e. The van der Waals surface area contributed by atoms with Gasteiger partial charge in [0.05, 0.1) is 19.0 Å². The van der Waals surface area contributed by atoms with E-state index in [1.54, 1.807) is 18.2 Å². The van der Waals surface area contributed by atoms with Crippen LogP contribution in [0.25, 0.3) is 0 Å². The third kappa shape index (κ3) is 3.09. The van der Waals surface area contributed by atoms with Crippen LogP contribution in [0.2, 0.25) is 0 Å². The number of rotatable bonds is 5. The molecule has 2 N–H and O–H groups in total. The highest BCUT2D eigenvalue weighted by atomic mass is 32.2. The number of hydrogen-bond donors (Lipinski definition) is 2. The Morgan fingerprint density at radius 3 is 2.33 bits per heavy atom. The summed E-state index contributed by atoms with van der Waals surface area (Å²) in [5, 5.41) is 12.3. The fourth-order valence-electron chi connectivity index (χ4n) is 4.60. The number of carboxylic acid groups (broad SMARTS) is 1. The van der Waals surface area contributed by atoms with Crippen LogP contribution in [0.5, 0.6) is 11.5 Å². The molecule has 1 spiro atoms. The van der Waals surface area contributed by atoms with Crippen LogP contribution >= 0.6 is 11.8 Å². The number of hydrogen-bond acceptors (Lipinski definition) is 7. The summed E-state index contributed by atoms with van der Waals surface area (Å²) in [4.78, 5) is 41.5. The lowest BCUT2D eigenvalue weighted by Gasteiger charge is -2.44. The Kier molecular flexibility index (Phi) is 5.31. The Labute approximate surface area is 178 Å². The summed E-state index contributed by atoms with van der Waals surface area (Å²) in [6, 6.07) is 3.34. The van der Waals surface area contributed by atoms with Gasteiger partial charge in [0, 0.05) is 0 Å². The molecule has 1 aromatic carbocycles. The fraction of sp³-hybridized carbons (Fsp3) is 0.550. The van der Waals surface area contributed by atoms with E-state index in [2.05, 4.69) is 10.2 Å². The quantitative estimate of drug-likeness (QED) is 0.649. The van der Waals surface area contributed by atoms with Gasteiger partial charge in [0.1, 0.15) is 34.5 Å². The van der Waals surface area contributed by atoms with Crippen LogP contribution in [0.4, 0.5) is 0 Å². The van der Waals surface area contributed by atoms with Crippen LogP contribution < -0.4 is 14.8 Å². The highest BCUT2D eigenvalue weighted by Gasteiger charge is 2.67. The molecule has 1 aromatic rings. The normalized spacial score (nSPS) is 27.4. The molecule has 0 bridgehead atoms. The van der Waals surface area contributed by atoms with Crippen LogP contribution in [0.15, 0.2) is 18.2 Å². The van der Waals surface area contributed by atoms with E-state index in [4.69, 9.17) is 9.47 Å². The molecular weight excluding hydrogens is 410 g/mol. The summed E-state index contributed by atoms with van der Waals surface area (Å²) in [6.07, 6.45) is 1.37. The summed E-state index contributed by atoms with van der Waals surface area (Å²) in [6.45, 7) is 1.56. The van der Waals surface area contributed by atoms with Crippen molar-refractivity contribution in [2.24, 2.45) is 0 Å². The van der Waals surface area contributed by atoms with E-state index in [1.165, 1.54) is 30.9 Å². The SMILES string of the molecule is COc1cccc(OC)c1C(=O)NC1C(=O)N2C(C(=O)O)C3(CCN(C)CC3)S[C@@H]12. The van der Waals surface area contributed by atoms with Crippen molar-refractivity contribution in [3.8, 4) is 11.5 Å². The number of nitrogens with zero attached hydrogens (tertiary/aromatic N) is 2. The first kappa shape index (κ1) is 20.8. The van der Waals surface area contributed by atoms with Gasteiger partial charge in [-0.25, -0.2) is 4.79 Å². The van der Waals surface area contributed by atoms with Gasteiger partial charge in [-0.3, -0.25) is 9.59 Å². The molecule has 3 aliphatic heterocycles. The molecule has 0 radical (unpaired) electrons. The highest BCUT2D eigenvalue weighted by Crippen LogP contribution is 2.55. The molecule has 3 heterocycles. The Bertz CT molecular complexity index is 863. The van der Waals surface area contributed by atoms with Crippen molar-refractivity contribution in [3.63, 3.8) is 0 Å². The molecule has 4 rings (SSSR count). The minimum Gasteiger partial charge on any atom is -0.496 e. The van der Waals surface area contributed by atoms with Crippen LogP contribution in [0, 0.1) is 0 Å². The maximum atomic E-state index is 13.0. The lowest BCUT2D eigenvalue weighted by Crippen LogP contribution is -2.71. The average Bonchev–Trinajstić information content (AvgIpc) is 3.04. The average molecular weight is 436 g/mol. The Morgan fingerprint density at radius 2 is 1.80 bits per heavy atom.